The lowest BCUT2D eigenvalue weighted by atomic mass is 10.0. The van der Waals surface area contributed by atoms with Crippen LogP contribution in [-0.2, 0) is 6.54 Å². The summed E-state index contributed by atoms with van der Waals surface area (Å²) in [6.45, 7) is 0.753. The fourth-order valence-electron chi connectivity index (χ4n) is 2.67. The molecular formula is C19H20N4. The van der Waals surface area contributed by atoms with Gasteiger partial charge in [0.2, 0.25) is 0 Å². The van der Waals surface area contributed by atoms with Crippen LogP contribution in [0.5, 0.6) is 0 Å². The number of hydrogen-bond acceptors (Lipinski definition) is 4. The fraction of sp³-hybridized carbons (Fsp3) is 0.0526. The Kier molecular flexibility index (Phi) is 4.45. The molecule has 4 heteroatoms. The number of hydrogen-bond donors (Lipinski definition) is 4. The number of anilines is 1. The summed E-state index contributed by atoms with van der Waals surface area (Å²) in [4.78, 5) is 0. The zero-order valence-corrected chi connectivity index (χ0v) is 12.8. The van der Waals surface area contributed by atoms with Crippen molar-refractivity contribution < 1.29 is 0 Å². The van der Waals surface area contributed by atoms with Crippen molar-refractivity contribution in [2.24, 2.45) is 11.6 Å². The lowest BCUT2D eigenvalue weighted by Crippen LogP contribution is -2.21. The minimum atomic E-state index is 0.693. The van der Waals surface area contributed by atoms with Gasteiger partial charge in [0.1, 0.15) is 0 Å². The molecule has 3 rings (SSSR count). The minimum Gasteiger partial charge on any atom is -0.403 e. The maximum atomic E-state index is 5.57. The highest BCUT2D eigenvalue weighted by Crippen LogP contribution is 2.21. The smallest absolute Gasteiger partial charge is 0.0714 e. The quantitative estimate of drug-likeness (QED) is 0.431. The Labute approximate surface area is 135 Å². The first-order chi connectivity index (χ1) is 11.3. The molecule has 23 heavy (non-hydrogen) atoms. The molecule has 3 aromatic rings. The molecule has 0 unspecified atom stereocenters. The summed E-state index contributed by atoms with van der Waals surface area (Å²) in [5, 5.41) is 5.98. The summed E-state index contributed by atoms with van der Waals surface area (Å²) in [6.07, 6.45) is 1.46. The Morgan fingerprint density at radius 1 is 0.957 bits per heavy atom. The molecule has 3 aromatic carbocycles. The highest BCUT2D eigenvalue weighted by molar-refractivity contribution is 5.85. The van der Waals surface area contributed by atoms with Crippen molar-refractivity contribution in [1.82, 2.24) is 5.43 Å². The molecule has 0 aromatic heterocycles. The van der Waals surface area contributed by atoms with Gasteiger partial charge in [0.15, 0.2) is 0 Å². The van der Waals surface area contributed by atoms with Gasteiger partial charge in [-0.05, 0) is 28.5 Å². The van der Waals surface area contributed by atoms with Crippen LogP contribution in [0.1, 0.15) is 11.1 Å². The van der Waals surface area contributed by atoms with Gasteiger partial charge >= 0.3 is 0 Å². The number of fused-ring (bicyclic) bond motifs is 1. The molecule has 0 aliphatic rings. The molecule has 0 saturated carbocycles. The van der Waals surface area contributed by atoms with Gasteiger partial charge in [-0.25, -0.2) is 0 Å². The van der Waals surface area contributed by atoms with E-state index in [1.165, 1.54) is 22.5 Å². The van der Waals surface area contributed by atoms with E-state index in [-0.39, 0.29) is 0 Å². The van der Waals surface area contributed by atoms with Gasteiger partial charge in [0.05, 0.1) is 5.70 Å². The van der Waals surface area contributed by atoms with E-state index in [4.69, 9.17) is 11.6 Å². The standard InChI is InChI=1S/C19H20N4/c20-12-19(23-21)15-7-4-9-17(11-15)22-13-16-8-3-6-14-5-1-2-10-18(14)16/h1-12,22-23H,13,20-21H2/b19-12-. The van der Waals surface area contributed by atoms with E-state index in [9.17, 15) is 0 Å². The van der Waals surface area contributed by atoms with Crippen molar-refractivity contribution in [2.45, 2.75) is 6.54 Å². The number of nitrogens with two attached hydrogens (primary N) is 2. The highest BCUT2D eigenvalue weighted by Gasteiger charge is 2.03. The average molecular weight is 304 g/mol. The molecule has 116 valence electrons. The predicted octanol–water partition coefficient (Wildman–Crippen LogP) is 3.17. The van der Waals surface area contributed by atoms with Crippen molar-refractivity contribution in [3.05, 3.63) is 84.1 Å². The largest absolute Gasteiger partial charge is 0.403 e. The van der Waals surface area contributed by atoms with Crippen LogP contribution in [0.4, 0.5) is 5.69 Å². The zero-order chi connectivity index (χ0) is 16.1. The molecule has 0 heterocycles. The maximum Gasteiger partial charge on any atom is 0.0714 e. The van der Waals surface area contributed by atoms with Crippen molar-refractivity contribution >= 4 is 22.2 Å². The third-order valence-electron chi connectivity index (χ3n) is 3.86. The Morgan fingerprint density at radius 2 is 1.74 bits per heavy atom. The second kappa shape index (κ2) is 6.85. The number of nitrogens with one attached hydrogen (secondary N) is 2. The number of benzene rings is 3. The lowest BCUT2D eigenvalue weighted by Gasteiger charge is -2.12. The first-order valence-electron chi connectivity index (χ1n) is 7.51. The summed E-state index contributed by atoms with van der Waals surface area (Å²) in [6, 6.07) is 22.7. The highest BCUT2D eigenvalue weighted by atomic mass is 15.2. The SMILES string of the molecule is N/C=C(\NN)c1cccc(NCc2cccc3ccccc23)c1. The first kappa shape index (κ1) is 14.9. The molecule has 4 nitrogen and oxygen atoms in total. The molecule has 0 amide bonds. The van der Waals surface area contributed by atoms with Gasteiger partial charge < -0.3 is 16.5 Å². The monoisotopic (exact) mass is 304 g/mol. The Morgan fingerprint density at radius 3 is 2.57 bits per heavy atom. The second-order valence-electron chi connectivity index (χ2n) is 5.30. The minimum absolute atomic E-state index is 0.693. The van der Waals surface area contributed by atoms with E-state index >= 15 is 0 Å². The average Bonchev–Trinajstić information content (AvgIpc) is 2.61. The first-order valence-corrected chi connectivity index (χ1v) is 7.51. The molecule has 0 spiro atoms. The molecule has 0 radical (unpaired) electrons. The predicted molar refractivity (Wildman–Crippen MR) is 97.2 cm³/mol. The molecule has 6 N–H and O–H groups in total. The van der Waals surface area contributed by atoms with Crippen molar-refractivity contribution in [3.8, 4) is 0 Å². The van der Waals surface area contributed by atoms with Gasteiger partial charge in [0, 0.05) is 24.0 Å². The molecule has 0 aliphatic carbocycles. The molecule has 0 saturated heterocycles. The zero-order valence-electron chi connectivity index (χ0n) is 12.8. The van der Waals surface area contributed by atoms with Gasteiger partial charge in [-0.2, -0.15) is 0 Å². The molecule has 0 atom stereocenters. The van der Waals surface area contributed by atoms with E-state index in [0.717, 1.165) is 17.8 Å². The van der Waals surface area contributed by atoms with E-state index in [1.807, 2.05) is 24.3 Å². The van der Waals surface area contributed by atoms with Gasteiger partial charge in [0.25, 0.3) is 0 Å². The van der Waals surface area contributed by atoms with Crippen molar-refractivity contribution in [2.75, 3.05) is 5.32 Å². The maximum absolute atomic E-state index is 5.57. The summed E-state index contributed by atoms with van der Waals surface area (Å²) in [7, 11) is 0. The van der Waals surface area contributed by atoms with Crippen molar-refractivity contribution in [3.63, 3.8) is 0 Å². The van der Waals surface area contributed by atoms with Crippen LogP contribution in [0, 0.1) is 0 Å². The second-order valence-corrected chi connectivity index (χ2v) is 5.30. The Hall–Kier alpha value is -2.98. The van der Waals surface area contributed by atoms with Crippen LogP contribution in [0.3, 0.4) is 0 Å². The topological polar surface area (TPSA) is 76.1 Å². The third kappa shape index (κ3) is 3.27. The van der Waals surface area contributed by atoms with Gasteiger partial charge in [-0.3, -0.25) is 5.84 Å². The van der Waals surface area contributed by atoms with E-state index in [1.54, 1.807) is 0 Å². The van der Waals surface area contributed by atoms with Crippen LogP contribution in [-0.4, -0.2) is 0 Å². The molecule has 0 aliphatic heterocycles. The number of rotatable bonds is 5. The van der Waals surface area contributed by atoms with E-state index < -0.39 is 0 Å². The van der Waals surface area contributed by atoms with Gasteiger partial charge in [-0.15, -0.1) is 0 Å². The van der Waals surface area contributed by atoms with Gasteiger partial charge in [-0.1, -0.05) is 54.6 Å². The Bertz CT molecular complexity index is 834. The van der Waals surface area contributed by atoms with Crippen LogP contribution in [0.25, 0.3) is 16.5 Å². The van der Waals surface area contributed by atoms with Crippen LogP contribution in [0.15, 0.2) is 72.9 Å². The summed E-state index contributed by atoms with van der Waals surface area (Å²) < 4.78 is 0. The molecule has 0 bridgehead atoms. The van der Waals surface area contributed by atoms with Crippen molar-refractivity contribution in [1.29, 1.82) is 0 Å². The summed E-state index contributed by atoms with van der Waals surface area (Å²) >= 11 is 0. The van der Waals surface area contributed by atoms with Crippen LogP contribution < -0.4 is 22.3 Å². The summed E-state index contributed by atoms with van der Waals surface area (Å²) in [5.74, 6) is 5.47. The van der Waals surface area contributed by atoms with E-state index in [2.05, 4.69) is 53.2 Å². The Balaban J connectivity index is 1.82. The third-order valence-corrected chi connectivity index (χ3v) is 3.86. The normalized spacial score (nSPS) is 11.4. The number of hydrazine groups is 1. The molecule has 0 fully saturated rings. The molecular weight excluding hydrogens is 284 g/mol. The fourth-order valence-corrected chi connectivity index (χ4v) is 2.67. The van der Waals surface area contributed by atoms with Crippen LogP contribution >= 0.6 is 0 Å². The van der Waals surface area contributed by atoms with E-state index in [0.29, 0.717) is 5.70 Å². The summed E-state index contributed by atoms with van der Waals surface area (Å²) in [5.41, 5.74) is 12.1. The van der Waals surface area contributed by atoms with Crippen LogP contribution in [0.2, 0.25) is 0 Å². The lowest BCUT2D eigenvalue weighted by molar-refractivity contribution is 0.987.